The van der Waals surface area contributed by atoms with E-state index in [1.54, 1.807) is 24.3 Å². The van der Waals surface area contributed by atoms with Crippen LogP contribution in [0.4, 0.5) is 0 Å². The lowest BCUT2D eigenvalue weighted by atomic mass is 10.2. The molecular weight excluding hydrogens is 286 g/mol. The van der Waals surface area contributed by atoms with Gasteiger partial charge in [-0.1, -0.05) is 53.0 Å². The molecule has 0 radical (unpaired) electrons. The number of ether oxygens (including phenoxy) is 1. The molecule has 0 saturated heterocycles. The molecule has 0 aliphatic rings. The van der Waals surface area contributed by atoms with Crippen molar-refractivity contribution in [1.82, 2.24) is 0 Å². The van der Waals surface area contributed by atoms with Gasteiger partial charge in [0.05, 0.1) is 5.57 Å². The van der Waals surface area contributed by atoms with Crippen LogP contribution in [0.15, 0.2) is 42.0 Å². The quantitative estimate of drug-likeness (QED) is 0.683. The molecule has 3 nitrogen and oxygen atoms in total. The van der Waals surface area contributed by atoms with Gasteiger partial charge >= 0.3 is 5.97 Å². The van der Waals surface area contributed by atoms with Crippen LogP contribution < -0.4 is 4.74 Å². The Morgan fingerprint density at radius 1 is 1.29 bits per heavy atom. The van der Waals surface area contributed by atoms with Gasteiger partial charge in [-0.25, -0.2) is 4.79 Å². The zero-order chi connectivity index (χ0) is 12.9. The van der Waals surface area contributed by atoms with Crippen molar-refractivity contribution < 1.29 is 14.6 Å². The molecule has 0 aliphatic carbocycles. The molecule has 0 fully saturated rings. The van der Waals surface area contributed by atoms with Gasteiger partial charge in [-0.3, -0.25) is 0 Å². The van der Waals surface area contributed by atoms with Crippen molar-refractivity contribution in [1.29, 1.82) is 0 Å². The zero-order valence-electron chi connectivity index (χ0n) is 8.57. The fourth-order valence-corrected chi connectivity index (χ4v) is 1.44. The second kappa shape index (κ2) is 6.15. The molecule has 0 heterocycles. The predicted molar refractivity (Wildman–Crippen MR) is 67.9 cm³/mol. The normalized spacial score (nSPS) is 12.3. The van der Waals surface area contributed by atoms with Crippen LogP contribution in [0.25, 0.3) is 0 Å². The summed E-state index contributed by atoms with van der Waals surface area (Å²) in [6, 6.07) is 8.77. The van der Waals surface area contributed by atoms with Gasteiger partial charge in [-0.2, -0.15) is 0 Å². The van der Waals surface area contributed by atoms with Gasteiger partial charge in [0.1, 0.15) is 12.4 Å². The average Bonchev–Trinajstić information content (AvgIpc) is 2.24. The molecule has 0 aromatic heterocycles. The van der Waals surface area contributed by atoms with Crippen LogP contribution in [0.3, 0.4) is 0 Å². The first-order valence-corrected chi connectivity index (χ1v) is 5.71. The molecule has 1 rings (SSSR count). The maximum absolute atomic E-state index is 10.9. The van der Waals surface area contributed by atoms with Crippen LogP contribution in [0, 0.1) is 0 Å². The predicted octanol–water partition coefficient (Wildman–Crippen LogP) is 3.45. The molecule has 1 N–H and O–H groups in total. The number of allylic oxidation sites excluding steroid dienone is 1. The summed E-state index contributed by atoms with van der Waals surface area (Å²) in [5.41, 5.74) is -0.117. The number of carboxylic acids is 1. The van der Waals surface area contributed by atoms with Crippen molar-refractivity contribution in [2.24, 2.45) is 0 Å². The first kappa shape index (κ1) is 14.2. The van der Waals surface area contributed by atoms with Gasteiger partial charge in [0.2, 0.25) is 3.79 Å². The molecule has 92 valence electrons. The fourth-order valence-electron chi connectivity index (χ4n) is 1.04. The summed E-state index contributed by atoms with van der Waals surface area (Å²) in [4.78, 5) is 10.9. The van der Waals surface area contributed by atoms with Gasteiger partial charge in [-0.15, -0.1) is 0 Å². The number of hydrogen-bond acceptors (Lipinski definition) is 2. The topological polar surface area (TPSA) is 46.5 Å². The maximum Gasteiger partial charge on any atom is 0.334 e. The number of halogens is 3. The van der Waals surface area contributed by atoms with Crippen LogP contribution in [-0.4, -0.2) is 21.5 Å². The second-order valence-corrected chi connectivity index (χ2v) is 5.49. The van der Waals surface area contributed by atoms with Crippen molar-refractivity contribution in [3.8, 4) is 5.75 Å². The van der Waals surface area contributed by atoms with Gasteiger partial charge < -0.3 is 9.84 Å². The highest BCUT2D eigenvalue weighted by Gasteiger charge is 2.20. The Labute approximate surface area is 114 Å². The van der Waals surface area contributed by atoms with Crippen LogP contribution in [0.1, 0.15) is 0 Å². The largest absolute Gasteiger partial charge is 0.489 e. The number of aliphatic carboxylic acids is 1. The van der Waals surface area contributed by atoms with Gasteiger partial charge in [0.25, 0.3) is 0 Å². The summed E-state index contributed by atoms with van der Waals surface area (Å²) in [5.74, 6) is -0.642. The van der Waals surface area contributed by atoms with Gasteiger partial charge in [0.15, 0.2) is 0 Å². The summed E-state index contributed by atoms with van der Waals surface area (Å²) >= 11 is 16.5. The SMILES string of the molecule is O=C(O)/C(=C/C(Cl)(Cl)Cl)COc1ccccc1. The van der Waals surface area contributed by atoms with Crippen LogP contribution in [0.2, 0.25) is 0 Å². The molecule has 6 heteroatoms. The molecule has 0 amide bonds. The van der Waals surface area contributed by atoms with Crippen molar-refractivity contribution >= 4 is 40.8 Å². The lowest BCUT2D eigenvalue weighted by Gasteiger charge is -2.09. The number of para-hydroxylation sites is 1. The van der Waals surface area contributed by atoms with Gasteiger partial charge in [-0.05, 0) is 18.2 Å². The summed E-state index contributed by atoms with van der Waals surface area (Å²) in [6.45, 7) is -0.173. The molecule has 0 aliphatic heterocycles. The average molecular weight is 296 g/mol. The summed E-state index contributed by atoms with van der Waals surface area (Å²) < 4.78 is 3.49. The van der Waals surface area contributed by atoms with E-state index in [9.17, 15) is 4.79 Å². The van der Waals surface area contributed by atoms with E-state index in [0.29, 0.717) is 5.75 Å². The van der Waals surface area contributed by atoms with Gasteiger partial charge in [0, 0.05) is 0 Å². The third-order valence-corrected chi connectivity index (χ3v) is 2.08. The monoisotopic (exact) mass is 294 g/mol. The van der Waals surface area contributed by atoms with Crippen molar-refractivity contribution in [3.63, 3.8) is 0 Å². The Morgan fingerprint density at radius 2 is 1.88 bits per heavy atom. The minimum absolute atomic E-state index is 0.117. The van der Waals surface area contributed by atoms with E-state index in [4.69, 9.17) is 44.6 Å². The van der Waals surface area contributed by atoms with Crippen LogP contribution in [0.5, 0.6) is 5.75 Å². The molecule has 0 bridgehead atoms. The molecule has 1 aromatic rings. The highest BCUT2D eigenvalue weighted by molar-refractivity contribution is 6.69. The minimum Gasteiger partial charge on any atom is -0.489 e. The molecule has 17 heavy (non-hydrogen) atoms. The highest BCUT2D eigenvalue weighted by Crippen LogP contribution is 2.29. The molecular formula is C11H9Cl3O3. The zero-order valence-corrected chi connectivity index (χ0v) is 10.8. The van der Waals surface area contributed by atoms with E-state index in [-0.39, 0.29) is 12.2 Å². The summed E-state index contributed by atoms with van der Waals surface area (Å²) in [6.07, 6.45) is 1.02. The third kappa shape index (κ3) is 5.82. The third-order valence-electron chi connectivity index (χ3n) is 1.75. The van der Waals surface area contributed by atoms with Crippen molar-refractivity contribution in [3.05, 3.63) is 42.0 Å². The molecule has 1 aromatic carbocycles. The first-order valence-electron chi connectivity index (χ1n) is 4.58. The number of hydrogen-bond donors (Lipinski definition) is 1. The Hall–Kier alpha value is -0.900. The Bertz CT molecular complexity index is 410. The highest BCUT2D eigenvalue weighted by atomic mass is 35.6. The molecule has 0 atom stereocenters. The molecule has 0 unspecified atom stereocenters. The first-order chi connectivity index (χ1) is 7.88. The van der Waals surface area contributed by atoms with E-state index in [1.807, 2.05) is 6.07 Å². The summed E-state index contributed by atoms with van der Waals surface area (Å²) in [7, 11) is 0. The number of carbonyl (C=O) groups is 1. The van der Waals surface area contributed by atoms with E-state index >= 15 is 0 Å². The number of benzene rings is 1. The molecule has 0 spiro atoms. The Kier molecular flexibility index (Phi) is 5.12. The van der Waals surface area contributed by atoms with E-state index in [2.05, 4.69) is 0 Å². The fraction of sp³-hybridized carbons (Fsp3) is 0.182. The molecule has 0 saturated carbocycles. The number of carboxylic acid groups (broad SMARTS) is 1. The maximum atomic E-state index is 10.9. The van der Waals surface area contributed by atoms with Crippen molar-refractivity contribution in [2.45, 2.75) is 3.79 Å². The summed E-state index contributed by atoms with van der Waals surface area (Å²) in [5, 5.41) is 8.89. The van der Waals surface area contributed by atoms with E-state index in [0.717, 1.165) is 6.08 Å². The lowest BCUT2D eigenvalue weighted by Crippen LogP contribution is -2.13. The minimum atomic E-state index is -1.76. The smallest absolute Gasteiger partial charge is 0.334 e. The van der Waals surface area contributed by atoms with Crippen LogP contribution >= 0.6 is 34.8 Å². The standard InChI is InChI=1S/C11H9Cl3O3/c12-11(13,14)6-8(10(15)16)7-17-9-4-2-1-3-5-9/h1-6H,7H2,(H,15,16)/b8-6+. The Morgan fingerprint density at radius 3 is 2.35 bits per heavy atom. The number of rotatable bonds is 4. The second-order valence-electron chi connectivity index (χ2n) is 3.12. The van der Waals surface area contributed by atoms with Crippen LogP contribution in [-0.2, 0) is 4.79 Å². The van der Waals surface area contributed by atoms with E-state index < -0.39 is 9.76 Å². The lowest BCUT2D eigenvalue weighted by molar-refractivity contribution is -0.133. The number of alkyl halides is 3. The van der Waals surface area contributed by atoms with E-state index in [1.165, 1.54) is 0 Å². The van der Waals surface area contributed by atoms with Crippen molar-refractivity contribution in [2.75, 3.05) is 6.61 Å². The Balaban J connectivity index is 2.70.